The monoisotopic (exact) mass is 400 g/mol. The number of hydrogen-bond donors (Lipinski definition) is 1. The number of aromatic nitrogens is 2. The maximum Gasteiger partial charge on any atom is 0.234 e. The van der Waals surface area contributed by atoms with Crippen LogP contribution in [-0.2, 0) is 17.8 Å². The van der Waals surface area contributed by atoms with E-state index >= 15 is 0 Å². The van der Waals surface area contributed by atoms with E-state index in [1.54, 1.807) is 28.9 Å². The Morgan fingerprint density at radius 1 is 1.30 bits per heavy atom. The minimum atomic E-state index is -0.101. The van der Waals surface area contributed by atoms with E-state index in [9.17, 15) is 4.79 Å². The second-order valence-corrected chi connectivity index (χ2v) is 8.70. The summed E-state index contributed by atoms with van der Waals surface area (Å²) >= 11 is 3.34. The van der Waals surface area contributed by atoms with Gasteiger partial charge in [0.15, 0.2) is 0 Å². The van der Waals surface area contributed by atoms with Crippen molar-refractivity contribution in [1.29, 1.82) is 0 Å². The number of nitrogens with zero attached hydrogens (tertiary/aromatic N) is 3. The van der Waals surface area contributed by atoms with Crippen molar-refractivity contribution in [3.05, 3.63) is 68.1 Å². The summed E-state index contributed by atoms with van der Waals surface area (Å²) in [7, 11) is 1.94. The summed E-state index contributed by atoms with van der Waals surface area (Å²) in [4.78, 5) is 24.6. The molecule has 0 unspecified atom stereocenters. The van der Waals surface area contributed by atoms with Crippen LogP contribution in [0.25, 0.3) is 0 Å². The van der Waals surface area contributed by atoms with Gasteiger partial charge >= 0.3 is 0 Å². The first-order chi connectivity index (χ1) is 13.0. The average Bonchev–Trinajstić information content (AvgIpc) is 3.25. The summed E-state index contributed by atoms with van der Waals surface area (Å²) in [5, 5.41) is 8.35. The van der Waals surface area contributed by atoms with Gasteiger partial charge in [0.25, 0.3) is 0 Å². The summed E-state index contributed by atoms with van der Waals surface area (Å²) in [6, 6.07) is 5.93. The Morgan fingerprint density at radius 2 is 2.15 bits per heavy atom. The highest BCUT2D eigenvalue weighted by Gasteiger charge is 2.20. The molecule has 142 valence electrons. The Bertz CT molecular complexity index is 842. The smallest absolute Gasteiger partial charge is 0.234 e. The normalized spacial score (nSPS) is 12.3. The molecular weight excluding hydrogens is 376 g/mol. The number of thiophene rings is 1. The zero-order valence-corrected chi connectivity index (χ0v) is 17.4. The fourth-order valence-corrected chi connectivity index (χ4v) is 4.49. The second kappa shape index (κ2) is 9.21. The van der Waals surface area contributed by atoms with Gasteiger partial charge in [-0.1, -0.05) is 6.07 Å². The number of rotatable bonds is 8. The van der Waals surface area contributed by atoms with Crippen molar-refractivity contribution in [1.82, 2.24) is 20.2 Å². The van der Waals surface area contributed by atoms with Gasteiger partial charge in [0.2, 0.25) is 5.91 Å². The number of thiazole rings is 1. The van der Waals surface area contributed by atoms with E-state index in [4.69, 9.17) is 0 Å². The number of nitrogens with one attached hydrogen (secondary N) is 1. The van der Waals surface area contributed by atoms with Crippen LogP contribution in [0.3, 0.4) is 0 Å². The lowest BCUT2D eigenvalue weighted by Crippen LogP contribution is -2.37. The van der Waals surface area contributed by atoms with E-state index in [2.05, 4.69) is 39.0 Å². The molecule has 1 atom stereocenters. The first-order valence-corrected chi connectivity index (χ1v) is 10.6. The molecule has 0 aliphatic rings. The predicted molar refractivity (Wildman–Crippen MR) is 111 cm³/mol. The summed E-state index contributed by atoms with van der Waals surface area (Å²) < 4.78 is 0. The van der Waals surface area contributed by atoms with Gasteiger partial charge in [-0.05, 0) is 54.9 Å². The molecule has 0 spiro atoms. The van der Waals surface area contributed by atoms with Crippen LogP contribution in [0, 0.1) is 13.8 Å². The lowest BCUT2D eigenvalue weighted by atomic mass is 10.1. The van der Waals surface area contributed by atoms with Gasteiger partial charge < -0.3 is 5.32 Å². The zero-order valence-electron chi connectivity index (χ0n) is 15.8. The fraction of sp³-hybridized carbons (Fsp3) is 0.350. The first kappa shape index (κ1) is 19.7. The molecule has 7 heteroatoms. The van der Waals surface area contributed by atoms with Crippen LogP contribution in [0.15, 0.2) is 41.4 Å². The molecule has 5 nitrogen and oxygen atoms in total. The molecule has 27 heavy (non-hydrogen) atoms. The molecule has 3 aromatic rings. The number of carbonyl (C=O) groups is 1. The van der Waals surface area contributed by atoms with Crippen LogP contribution in [0.1, 0.15) is 32.7 Å². The van der Waals surface area contributed by atoms with Crippen LogP contribution in [0.4, 0.5) is 0 Å². The molecule has 3 heterocycles. The highest BCUT2D eigenvalue weighted by atomic mass is 32.1. The van der Waals surface area contributed by atoms with Crippen molar-refractivity contribution in [3.8, 4) is 0 Å². The topological polar surface area (TPSA) is 58.1 Å². The van der Waals surface area contributed by atoms with E-state index < -0.39 is 0 Å². The van der Waals surface area contributed by atoms with E-state index in [0.717, 1.165) is 22.7 Å². The Balaban J connectivity index is 1.64. The molecule has 0 aliphatic heterocycles. The van der Waals surface area contributed by atoms with Crippen molar-refractivity contribution in [2.24, 2.45) is 0 Å². The Labute approximate surface area is 168 Å². The molecule has 0 bridgehead atoms. The molecule has 3 rings (SSSR count). The summed E-state index contributed by atoms with van der Waals surface area (Å²) in [6.45, 7) is 5.10. The Hall–Kier alpha value is -2.09. The van der Waals surface area contributed by atoms with Crippen molar-refractivity contribution in [2.75, 3.05) is 13.6 Å². The highest BCUT2D eigenvalue weighted by molar-refractivity contribution is 7.11. The number of pyridine rings is 1. The van der Waals surface area contributed by atoms with Crippen molar-refractivity contribution >= 4 is 28.6 Å². The minimum Gasteiger partial charge on any atom is -0.345 e. The SMILES string of the molecule is Cc1nc([C@H](Cc2ccsc2)NC(=O)CN(C)Cc2cccnc2)sc1C. The maximum atomic E-state index is 12.7. The van der Waals surface area contributed by atoms with Crippen LogP contribution >= 0.6 is 22.7 Å². The van der Waals surface area contributed by atoms with Gasteiger partial charge in [0.1, 0.15) is 5.01 Å². The molecule has 3 aromatic heterocycles. The van der Waals surface area contributed by atoms with Crippen molar-refractivity contribution in [3.63, 3.8) is 0 Å². The van der Waals surface area contributed by atoms with Gasteiger partial charge in [-0.3, -0.25) is 14.7 Å². The predicted octanol–water partition coefficient (Wildman–Crippen LogP) is 3.75. The zero-order chi connectivity index (χ0) is 19.2. The van der Waals surface area contributed by atoms with Crippen LogP contribution in [0.2, 0.25) is 0 Å². The Morgan fingerprint density at radius 3 is 2.78 bits per heavy atom. The van der Waals surface area contributed by atoms with Crippen molar-refractivity contribution < 1.29 is 4.79 Å². The highest BCUT2D eigenvalue weighted by Crippen LogP contribution is 2.26. The van der Waals surface area contributed by atoms with Gasteiger partial charge in [0, 0.05) is 30.2 Å². The first-order valence-electron chi connectivity index (χ1n) is 8.83. The average molecular weight is 401 g/mol. The van der Waals surface area contributed by atoms with Crippen LogP contribution in [-0.4, -0.2) is 34.4 Å². The maximum absolute atomic E-state index is 12.7. The quantitative estimate of drug-likeness (QED) is 0.626. The molecule has 1 amide bonds. The molecule has 0 saturated carbocycles. The molecule has 0 saturated heterocycles. The van der Waals surface area contributed by atoms with E-state index in [1.807, 2.05) is 37.2 Å². The van der Waals surface area contributed by atoms with Gasteiger partial charge in [0.05, 0.1) is 18.3 Å². The molecule has 0 radical (unpaired) electrons. The summed E-state index contributed by atoms with van der Waals surface area (Å²) in [5.74, 6) is 0.00660. The number of hydrogen-bond acceptors (Lipinski definition) is 6. The lowest BCUT2D eigenvalue weighted by Gasteiger charge is -2.20. The lowest BCUT2D eigenvalue weighted by molar-refractivity contribution is -0.122. The van der Waals surface area contributed by atoms with E-state index in [1.165, 1.54) is 10.4 Å². The van der Waals surface area contributed by atoms with E-state index in [0.29, 0.717) is 13.1 Å². The molecular formula is C20H24N4OS2. The Kier molecular flexibility index (Phi) is 6.71. The number of likely N-dealkylation sites (N-methyl/N-ethyl adjacent to an activating group) is 1. The minimum absolute atomic E-state index is 0.00660. The number of amides is 1. The number of carbonyl (C=O) groups excluding carboxylic acids is 1. The molecule has 0 aliphatic carbocycles. The van der Waals surface area contributed by atoms with Gasteiger partial charge in [-0.15, -0.1) is 11.3 Å². The fourth-order valence-electron chi connectivity index (χ4n) is 2.84. The third-order valence-corrected chi connectivity index (χ3v) is 6.21. The molecule has 0 aromatic carbocycles. The second-order valence-electron chi connectivity index (χ2n) is 6.68. The van der Waals surface area contributed by atoms with E-state index in [-0.39, 0.29) is 11.9 Å². The molecule has 0 fully saturated rings. The molecule has 1 N–H and O–H groups in total. The largest absolute Gasteiger partial charge is 0.345 e. The summed E-state index contributed by atoms with van der Waals surface area (Å²) in [5.41, 5.74) is 3.35. The third-order valence-electron chi connectivity index (χ3n) is 4.29. The van der Waals surface area contributed by atoms with Crippen LogP contribution in [0.5, 0.6) is 0 Å². The van der Waals surface area contributed by atoms with Gasteiger partial charge in [-0.2, -0.15) is 11.3 Å². The number of aryl methyl sites for hydroxylation is 2. The standard InChI is InChI=1S/C20H24N4OS2/c1-14-15(2)27-20(22-14)18(9-16-6-8-26-13-16)23-19(25)12-24(3)11-17-5-4-7-21-10-17/h4-8,10,13,18H,9,11-12H2,1-3H3,(H,23,25)/t18-/m0/s1. The van der Waals surface area contributed by atoms with Crippen molar-refractivity contribution in [2.45, 2.75) is 32.9 Å². The third kappa shape index (κ3) is 5.69. The summed E-state index contributed by atoms with van der Waals surface area (Å²) in [6.07, 6.45) is 4.34. The van der Waals surface area contributed by atoms with Gasteiger partial charge in [-0.25, -0.2) is 4.98 Å². The van der Waals surface area contributed by atoms with Crippen LogP contribution < -0.4 is 5.32 Å².